The molecule has 0 aliphatic carbocycles. The lowest BCUT2D eigenvalue weighted by Gasteiger charge is -2.15. The van der Waals surface area contributed by atoms with Crippen LogP contribution in [0.1, 0.15) is 13.3 Å². The Kier molecular flexibility index (Phi) is 5.25. The maximum absolute atomic E-state index is 10.3. The van der Waals surface area contributed by atoms with E-state index in [4.69, 9.17) is 39.9 Å². The minimum atomic E-state index is -1.51. The molecule has 0 saturated heterocycles. The highest BCUT2D eigenvalue weighted by Gasteiger charge is 2.24. The first-order valence-corrected chi connectivity index (χ1v) is 4.33. The molecule has 0 rings (SSSR count). The van der Waals surface area contributed by atoms with Crippen molar-refractivity contribution in [2.24, 2.45) is 0 Å². The Bertz CT molecular complexity index is 155. The largest absolute Gasteiger partial charge is 0.463 e. The van der Waals surface area contributed by atoms with E-state index in [9.17, 15) is 4.79 Å². The Hall–Kier alpha value is 0.300. The zero-order chi connectivity index (χ0) is 9.78. The summed E-state index contributed by atoms with van der Waals surface area (Å²) >= 11 is 16.1. The summed E-state index contributed by atoms with van der Waals surface area (Å²) in [5.74, 6) is -0.474. The van der Waals surface area contributed by atoms with E-state index in [-0.39, 0.29) is 13.0 Å². The van der Waals surface area contributed by atoms with Gasteiger partial charge in [-0.25, -0.2) is 0 Å². The topological polar surface area (TPSA) is 46.5 Å². The van der Waals surface area contributed by atoms with Crippen LogP contribution in [0.4, 0.5) is 0 Å². The molecular weight excluding hydrogens is 226 g/mol. The zero-order valence-electron chi connectivity index (χ0n) is 6.39. The molecular formula is C6H9Cl3O3. The summed E-state index contributed by atoms with van der Waals surface area (Å²) in [6, 6.07) is 0. The molecule has 0 heterocycles. The Labute approximate surface area is 85.5 Å². The van der Waals surface area contributed by atoms with E-state index in [1.165, 1.54) is 6.92 Å². The molecule has 0 aliphatic heterocycles. The van der Waals surface area contributed by atoms with Crippen LogP contribution in [-0.2, 0) is 9.53 Å². The third kappa shape index (κ3) is 8.40. The maximum Gasteiger partial charge on any atom is 0.302 e. The van der Waals surface area contributed by atoms with Crippen LogP contribution >= 0.6 is 34.8 Å². The Morgan fingerprint density at radius 3 is 2.42 bits per heavy atom. The third-order valence-electron chi connectivity index (χ3n) is 0.946. The minimum Gasteiger partial charge on any atom is -0.463 e. The van der Waals surface area contributed by atoms with Crippen molar-refractivity contribution >= 4 is 40.8 Å². The smallest absolute Gasteiger partial charge is 0.302 e. The van der Waals surface area contributed by atoms with Crippen LogP contribution in [0.15, 0.2) is 0 Å². The van der Waals surface area contributed by atoms with Crippen molar-refractivity contribution in [3.8, 4) is 0 Å². The van der Waals surface area contributed by atoms with Gasteiger partial charge in [0.2, 0.25) is 0 Å². The normalized spacial score (nSPS) is 14.1. The van der Waals surface area contributed by atoms with Crippen LogP contribution in [-0.4, -0.2) is 27.6 Å². The van der Waals surface area contributed by atoms with E-state index < -0.39 is 15.9 Å². The summed E-state index contributed by atoms with van der Waals surface area (Å²) in [4.78, 5) is 10.3. The van der Waals surface area contributed by atoms with Crippen LogP contribution in [0.3, 0.4) is 0 Å². The van der Waals surface area contributed by atoms with E-state index >= 15 is 0 Å². The molecule has 0 amide bonds. The highest BCUT2D eigenvalue weighted by Crippen LogP contribution is 2.31. The van der Waals surface area contributed by atoms with E-state index in [1.54, 1.807) is 0 Å². The predicted octanol–water partition coefficient (Wildman–Crippen LogP) is 1.67. The number of hydrogen-bond acceptors (Lipinski definition) is 3. The molecule has 0 aliphatic rings. The number of ether oxygens (including phenoxy) is 1. The van der Waals surface area contributed by atoms with Crippen molar-refractivity contribution < 1.29 is 14.6 Å². The van der Waals surface area contributed by atoms with Gasteiger partial charge in [0.1, 0.15) is 6.61 Å². The van der Waals surface area contributed by atoms with Crippen molar-refractivity contribution in [1.82, 2.24) is 0 Å². The number of carbonyl (C=O) groups excluding carboxylic acids is 1. The number of hydrogen-bond donors (Lipinski definition) is 1. The molecule has 0 radical (unpaired) electrons. The molecule has 3 nitrogen and oxygen atoms in total. The maximum atomic E-state index is 10.3. The standard InChI is InChI=1S/C6H9Cl3O3/c1-4(10)12-3-5(11)2-6(7,8)9/h5,11H,2-3H2,1H3. The summed E-state index contributed by atoms with van der Waals surface area (Å²) in [7, 11) is 0. The molecule has 0 aromatic carbocycles. The van der Waals surface area contributed by atoms with Crippen molar-refractivity contribution in [3.05, 3.63) is 0 Å². The second-order valence-corrected chi connectivity index (χ2v) is 4.79. The van der Waals surface area contributed by atoms with Gasteiger partial charge in [-0.15, -0.1) is 0 Å². The van der Waals surface area contributed by atoms with Crippen LogP contribution < -0.4 is 0 Å². The van der Waals surface area contributed by atoms with Gasteiger partial charge in [-0.1, -0.05) is 34.8 Å². The van der Waals surface area contributed by atoms with E-state index in [0.29, 0.717) is 0 Å². The van der Waals surface area contributed by atoms with Gasteiger partial charge >= 0.3 is 5.97 Å². The molecule has 1 unspecified atom stereocenters. The van der Waals surface area contributed by atoms with Crippen molar-refractivity contribution in [1.29, 1.82) is 0 Å². The average molecular weight is 235 g/mol. The molecule has 72 valence electrons. The summed E-state index contributed by atoms with van der Waals surface area (Å²) < 4.78 is 2.97. The molecule has 6 heteroatoms. The van der Waals surface area contributed by atoms with Crippen LogP contribution in [0, 0.1) is 0 Å². The third-order valence-corrected chi connectivity index (χ3v) is 1.41. The number of halogens is 3. The number of carbonyl (C=O) groups is 1. The molecule has 1 N–H and O–H groups in total. The van der Waals surface area contributed by atoms with Gasteiger partial charge in [-0.2, -0.15) is 0 Å². The zero-order valence-corrected chi connectivity index (χ0v) is 8.66. The summed E-state index contributed by atoms with van der Waals surface area (Å²) in [6.45, 7) is 1.09. The lowest BCUT2D eigenvalue weighted by molar-refractivity contribution is -0.144. The van der Waals surface area contributed by atoms with Crippen molar-refractivity contribution in [2.75, 3.05) is 6.61 Å². The first-order chi connectivity index (χ1) is 5.31. The second-order valence-electron chi connectivity index (χ2n) is 2.28. The number of aliphatic hydroxyl groups is 1. The van der Waals surface area contributed by atoms with Gasteiger partial charge in [0.05, 0.1) is 6.10 Å². The molecule has 1 atom stereocenters. The predicted molar refractivity (Wildman–Crippen MR) is 47.5 cm³/mol. The van der Waals surface area contributed by atoms with Crippen molar-refractivity contribution in [3.63, 3.8) is 0 Å². The molecule has 0 aromatic heterocycles. The summed E-state index contributed by atoms with van der Waals surface area (Å²) in [6.07, 6.45) is -1.01. The van der Waals surface area contributed by atoms with Gasteiger partial charge in [-0.3, -0.25) is 4.79 Å². The van der Waals surface area contributed by atoms with Crippen LogP contribution in [0.25, 0.3) is 0 Å². The minimum absolute atomic E-state index is 0.0645. The number of rotatable bonds is 3. The molecule has 12 heavy (non-hydrogen) atoms. The fraction of sp³-hybridized carbons (Fsp3) is 0.833. The fourth-order valence-corrected chi connectivity index (χ4v) is 1.07. The molecule has 0 aromatic rings. The lowest BCUT2D eigenvalue weighted by atomic mass is 10.3. The van der Waals surface area contributed by atoms with Crippen LogP contribution in [0.5, 0.6) is 0 Å². The first-order valence-electron chi connectivity index (χ1n) is 3.19. The Morgan fingerprint density at radius 2 is 2.08 bits per heavy atom. The monoisotopic (exact) mass is 234 g/mol. The Morgan fingerprint density at radius 1 is 1.58 bits per heavy atom. The molecule has 0 spiro atoms. The Balaban J connectivity index is 3.60. The highest BCUT2D eigenvalue weighted by atomic mass is 35.6. The lowest BCUT2D eigenvalue weighted by Crippen LogP contribution is -2.22. The molecule has 0 bridgehead atoms. The van der Waals surface area contributed by atoms with Gasteiger partial charge in [0.15, 0.2) is 3.79 Å². The summed E-state index contributed by atoms with van der Waals surface area (Å²) in [5.41, 5.74) is 0. The molecule has 0 fully saturated rings. The quantitative estimate of drug-likeness (QED) is 0.598. The van der Waals surface area contributed by atoms with Crippen LogP contribution in [0.2, 0.25) is 0 Å². The second kappa shape index (κ2) is 5.12. The number of esters is 1. The van der Waals surface area contributed by atoms with E-state index in [1.807, 2.05) is 0 Å². The van der Waals surface area contributed by atoms with Gasteiger partial charge in [0, 0.05) is 13.3 Å². The van der Waals surface area contributed by atoms with Gasteiger partial charge in [0.25, 0.3) is 0 Å². The van der Waals surface area contributed by atoms with E-state index in [2.05, 4.69) is 4.74 Å². The van der Waals surface area contributed by atoms with Crippen molar-refractivity contribution in [2.45, 2.75) is 23.2 Å². The molecule has 0 saturated carbocycles. The SMILES string of the molecule is CC(=O)OCC(O)CC(Cl)(Cl)Cl. The van der Waals surface area contributed by atoms with Gasteiger partial charge < -0.3 is 9.84 Å². The number of alkyl halides is 3. The van der Waals surface area contributed by atoms with E-state index in [0.717, 1.165) is 0 Å². The highest BCUT2D eigenvalue weighted by molar-refractivity contribution is 6.67. The fourth-order valence-electron chi connectivity index (χ4n) is 0.540. The summed E-state index contributed by atoms with van der Waals surface area (Å²) in [5, 5.41) is 9.10. The number of aliphatic hydroxyl groups excluding tert-OH is 1. The average Bonchev–Trinajstić information content (AvgIpc) is 1.79. The van der Waals surface area contributed by atoms with Gasteiger partial charge in [-0.05, 0) is 0 Å². The first kappa shape index (κ1) is 12.3.